The highest BCUT2D eigenvalue weighted by atomic mass is 79.9. The van der Waals surface area contributed by atoms with Gasteiger partial charge in [-0.15, -0.1) is 0 Å². The van der Waals surface area contributed by atoms with Crippen molar-refractivity contribution in [2.75, 3.05) is 73.4 Å². The first-order valence-electron chi connectivity index (χ1n) is 11.9. The van der Waals surface area contributed by atoms with Crippen LogP contribution in [-0.2, 0) is 12.4 Å². The number of hydrogen-bond acceptors (Lipinski definition) is 6. The highest BCUT2D eigenvalue weighted by Gasteiger charge is 2.32. The number of halogens is 7. The number of carboxylic acid groups (broad SMARTS) is 2. The summed E-state index contributed by atoms with van der Waals surface area (Å²) >= 11 is 2.81. The van der Waals surface area contributed by atoms with Crippen molar-refractivity contribution < 1.29 is 46.1 Å². The summed E-state index contributed by atoms with van der Waals surface area (Å²) in [4.78, 5) is 27.0. The number of anilines is 1. The molecule has 0 aliphatic heterocycles. The normalized spacial score (nSPS) is 11.4. The van der Waals surface area contributed by atoms with E-state index in [2.05, 4.69) is 40.2 Å². The molecular formula is C26H35BrF6N4O4. The molecule has 0 aliphatic rings. The lowest BCUT2D eigenvalue weighted by Gasteiger charge is -2.23. The molecule has 0 heterocycles. The van der Waals surface area contributed by atoms with Crippen LogP contribution in [0.15, 0.2) is 40.9 Å². The van der Waals surface area contributed by atoms with Gasteiger partial charge in [-0.25, -0.2) is 9.59 Å². The van der Waals surface area contributed by atoms with Crippen molar-refractivity contribution in [2.24, 2.45) is 0 Å². The van der Waals surface area contributed by atoms with Crippen LogP contribution in [0.5, 0.6) is 0 Å². The first-order chi connectivity index (χ1) is 18.7. The molecule has 3 N–H and O–H groups in total. The molecule has 41 heavy (non-hydrogen) atoms. The molecular weight excluding hydrogens is 626 g/mol. The summed E-state index contributed by atoms with van der Waals surface area (Å²) in [5.41, 5.74) is -2.47. The first-order valence-corrected chi connectivity index (χ1v) is 12.7. The Balaban J connectivity index is 0.000000659. The predicted molar refractivity (Wildman–Crippen MR) is 149 cm³/mol. The molecule has 0 unspecified atom stereocenters. The summed E-state index contributed by atoms with van der Waals surface area (Å²) < 4.78 is 75.0. The largest absolute Gasteiger partial charge is 0.478 e. The summed E-state index contributed by atoms with van der Waals surface area (Å²) in [6.07, 6.45) is -9.10. The van der Waals surface area contributed by atoms with Gasteiger partial charge in [-0.05, 0) is 71.6 Å². The lowest BCUT2D eigenvalue weighted by molar-refractivity contribution is -0.138. The molecule has 0 atom stereocenters. The van der Waals surface area contributed by atoms with Crippen LogP contribution in [0.2, 0.25) is 0 Å². The van der Waals surface area contributed by atoms with Crippen LogP contribution in [0.25, 0.3) is 0 Å². The molecule has 0 saturated heterocycles. The standard InChI is InChI=1S/C13H17F3N2O2.C8H4BrF3O2.C5H14N2/c1-17(2)4-5-18(3)11-7-9(12(19)20)6-10(8-11)13(14,15)16;9-6-2-4(7(13)14)1-5(3-6)8(10,11)12;1-6-4-5-7(2)3/h6-8H,4-5H2,1-3H3,(H,19,20);1-3H,(H,13,14);6H,4-5H2,1-3H3. The van der Waals surface area contributed by atoms with Crippen LogP contribution in [0, 0.1) is 0 Å². The topological polar surface area (TPSA) is 96.4 Å². The molecule has 0 aromatic heterocycles. The fraction of sp³-hybridized carbons (Fsp3) is 0.462. The number of carbonyl (C=O) groups is 2. The van der Waals surface area contributed by atoms with Crippen molar-refractivity contribution in [1.29, 1.82) is 0 Å². The minimum atomic E-state index is -4.57. The molecule has 232 valence electrons. The van der Waals surface area contributed by atoms with Gasteiger partial charge in [-0.2, -0.15) is 26.3 Å². The van der Waals surface area contributed by atoms with Crippen molar-refractivity contribution >= 4 is 33.6 Å². The number of aromatic carboxylic acids is 2. The number of rotatable bonds is 9. The Bertz CT molecular complexity index is 1130. The molecule has 0 aliphatic carbocycles. The van der Waals surface area contributed by atoms with Gasteiger partial charge in [-0.1, -0.05) is 15.9 Å². The molecule has 0 fully saturated rings. The molecule has 2 rings (SSSR count). The Labute approximate surface area is 243 Å². The summed E-state index contributed by atoms with van der Waals surface area (Å²) in [5.74, 6) is -2.77. The Morgan fingerprint density at radius 3 is 1.54 bits per heavy atom. The number of carboxylic acids is 2. The number of hydrogen-bond donors (Lipinski definition) is 3. The van der Waals surface area contributed by atoms with Gasteiger partial charge in [0.05, 0.1) is 22.3 Å². The maximum absolute atomic E-state index is 12.8. The Morgan fingerprint density at radius 2 is 1.17 bits per heavy atom. The quantitative estimate of drug-likeness (QED) is 0.311. The average molecular weight is 661 g/mol. The summed E-state index contributed by atoms with van der Waals surface area (Å²) in [5, 5.41) is 20.5. The number of nitrogens with one attached hydrogen (secondary N) is 1. The van der Waals surface area contributed by atoms with Crippen LogP contribution in [-0.4, -0.2) is 100 Å². The lowest BCUT2D eigenvalue weighted by atomic mass is 10.1. The van der Waals surface area contributed by atoms with E-state index in [1.54, 1.807) is 11.9 Å². The third-order valence-corrected chi connectivity index (χ3v) is 5.55. The van der Waals surface area contributed by atoms with E-state index >= 15 is 0 Å². The molecule has 0 saturated carbocycles. The molecule has 8 nitrogen and oxygen atoms in total. The van der Waals surface area contributed by atoms with Crippen LogP contribution < -0.4 is 10.2 Å². The van der Waals surface area contributed by atoms with E-state index in [0.717, 1.165) is 31.3 Å². The minimum absolute atomic E-state index is 0.0877. The predicted octanol–water partition coefficient (Wildman–Crippen LogP) is 5.33. The van der Waals surface area contributed by atoms with Crippen molar-refractivity contribution in [1.82, 2.24) is 15.1 Å². The van der Waals surface area contributed by atoms with E-state index in [0.29, 0.717) is 25.2 Å². The maximum Gasteiger partial charge on any atom is 0.416 e. The van der Waals surface area contributed by atoms with Crippen molar-refractivity contribution in [3.63, 3.8) is 0 Å². The monoisotopic (exact) mass is 660 g/mol. The van der Waals surface area contributed by atoms with E-state index < -0.39 is 41.0 Å². The Morgan fingerprint density at radius 1 is 0.732 bits per heavy atom. The molecule has 2 aromatic rings. The minimum Gasteiger partial charge on any atom is -0.478 e. The lowest BCUT2D eigenvalue weighted by Crippen LogP contribution is -2.28. The number of likely N-dealkylation sites (N-methyl/N-ethyl adjacent to an activating group) is 4. The van der Waals surface area contributed by atoms with Gasteiger partial charge in [-0.3, -0.25) is 0 Å². The van der Waals surface area contributed by atoms with E-state index in [-0.39, 0.29) is 15.7 Å². The fourth-order valence-electron chi connectivity index (χ4n) is 2.81. The number of nitrogens with zero attached hydrogens (tertiary/aromatic N) is 3. The van der Waals surface area contributed by atoms with E-state index in [9.17, 15) is 35.9 Å². The number of benzene rings is 2. The van der Waals surface area contributed by atoms with E-state index in [1.165, 1.54) is 6.07 Å². The fourth-order valence-corrected chi connectivity index (χ4v) is 3.30. The van der Waals surface area contributed by atoms with E-state index in [1.807, 2.05) is 26.0 Å². The molecule has 0 spiro atoms. The molecule has 0 amide bonds. The van der Waals surface area contributed by atoms with Crippen LogP contribution >= 0.6 is 15.9 Å². The first kappa shape index (κ1) is 38.1. The Hall–Kier alpha value is -2.88. The van der Waals surface area contributed by atoms with Crippen LogP contribution in [0.1, 0.15) is 31.8 Å². The summed E-state index contributed by atoms with van der Waals surface area (Å²) in [6.45, 7) is 3.34. The van der Waals surface area contributed by atoms with E-state index in [4.69, 9.17) is 10.2 Å². The van der Waals surface area contributed by atoms with Gasteiger partial charge < -0.3 is 30.2 Å². The van der Waals surface area contributed by atoms with Crippen LogP contribution in [0.4, 0.5) is 32.0 Å². The zero-order chi connectivity index (χ0) is 32.1. The van der Waals surface area contributed by atoms with Crippen molar-refractivity contribution in [3.05, 3.63) is 63.1 Å². The zero-order valence-electron chi connectivity index (χ0n) is 23.5. The van der Waals surface area contributed by atoms with Gasteiger partial charge in [0.25, 0.3) is 0 Å². The van der Waals surface area contributed by atoms with Gasteiger partial charge in [0.2, 0.25) is 0 Å². The number of alkyl halides is 6. The maximum atomic E-state index is 12.8. The third-order valence-electron chi connectivity index (χ3n) is 5.10. The van der Waals surface area contributed by atoms with Gasteiger partial charge in [0.15, 0.2) is 0 Å². The molecule has 2 aromatic carbocycles. The van der Waals surface area contributed by atoms with Gasteiger partial charge in [0, 0.05) is 43.4 Å². The second-order valence-electron chi connectivity index (χ2n) is 9.23. The smallest absolute Gasteiger partial charge is 0.416 e. The highest BCUT2D eigenvalue weighted by Crippen LogP contribution is 2.33. The van der Waals surface area contributed by atoms with Gasteiger partial charge >= 0.3 is 24.3 Å². The highest BCUT2D eigenvalue weighted by molar-refractivity contribution is 9.10. The second kappa shape index (κ2) is 17.2. The molecule has 15 heteroatoms. The SMILES string of the molecule is CN(C)CCN(C)c1cc(C(=O)O)cc(C(F)(F)F)c1.CNCCN(C)C.O=C(O)c1cc(Br)cc(C(F)(F)F)c1. The summed E-state index contributed by atoms with van der Waals surface area (Å²) in [6, 6.07) is 5.37. The third kappa shape index (κ3) is 15.6. The molecule has 0 radical (unpaired) electrons. The van der Waals surface area contributed by atoms with Gasteiger partial charge in [0.1, 0.15) is 0 Å². The van der Waals surface area contributed by atoms with Crippen molar-refractivity contribution in [3.8, 4) is 0 Å². The summed E-state index contributed by atoms with van der Waals surface area (Å²) in [7, 11) is 11.4. The van der Waals surface area contributed by atoms with Crippen LogP contribution in [0.3, 0.4) is 0 Å². The van der Waals surface area contributed by atoms with Crippen molar-refractivity contribution in [2.45, 2.75) is 12.4 Å². The average Bonchev–Trinajstić information content (AvgIpc) is 2.85. The zero-order valence-corrected chi connectivity index (χ0v) is 25.1. The second-order valence-corrected chi connectivity index (χ2v) is 10.2. The Kier molecular flexibility index (Phi) is 16.0. The molecule has 0 bridgehead atoms.